The minimum absolute atomic E-state index is 0.0507. The number of amides is 1. The van der Waals surface area contributed by atoms with Crippen molar-refractivity contribution in [2.24, 2.45) is 10.7 Å². The Labute approximate surface area is 116 Å². The highest BCUT2D eigenvalue weighted by Gasteiger charge is 2.46. The summed E-state index contributed by atoms with van der Waals surface area (Å²) in [5, 5.41) is 4.77. The van der Waals surface area contributed by atoms with Crippen molar-refractivity contribution in [2.75, 3.05) is 13.1 Å². The molecule has 0 aromatic rings. The molecule has 0 radical (unpaired) electrons. The van der Waals surface area contributed by atoms with Gasteiger partial charge in [0.25, 0.3) is 5.91 Å². The number of nitrogens with zero attached hydrogens (tertiary/aromatic N) is 1. The lowest BCUT2D eigenvalue weighted by Gasteiger charge is -2.33. The van der Waals surface area contributed by atoms with Crippen molar-refractivity contribution in [1.29, 1.82) is 0 Å². The van der Waals surface area contributed by atoms with E-state index in [0.717, 1.165) is 23.3 Å². The number of nitrogens with one attached hydrogen (secondary N) is 1. The molecule has 3 N–H and O–H groups in total. The third kappa shape index (κ3) is 1.89. The number of allylic oxidation sites excluding steroid dienone is 4. The van der Waals surface area contributed by atoms with Crippen LogP contribution in [0.4, 0.5) is 0 Å². The number of carbonyl (C=O) groups is 1. The van der Waals surface area contributed by atoms with Crippen molar-refractivity contribution in [1.82, 2.24) is 5.32 Å². The predicted octanol–water partition coefficient (Wildman–Crippen LogP) is 1.29. The molecule has 3 rings (SSSR count). The van der Waals surface area contributed by atoms with Crippen molar-refractivity contribution < 1.29 is 4.79 Å². The highest BCUT2D eigenvalue weighted by atomic mass is 32.2. The van der Waals surface area contributed by atoms with Crippen LogP contribution in [0.15, 0.2) is 51.5 Å². The third-order valence-electron chi connectivity index (χ3n) is 3.44. The number of carbonyl (C=O) groups excluding carboxylic acids is 1. The summed E-state index contributed by atoms with van der Waals surface area (Å²) in [6, 6.07) is 0. The molecule has 1 unspecified atom stereocenters. The lowest BCUT2D eigenvalue weighted by atomic mass is 9.83. The first kappa shape index (κ1) is 12.4. The summed E-state index contributed by atoms with van der Waals surface area (Å²) in [4.78, 5) is 16.6. The zero-order valence-electron chi connectivity index (χ0n) is 10.4. The normalized spacial score (nSPS) is 27.1. The Morgan fingerprint density at radius 1 is 1.53 bits per heavy atom. The van der Waals surface area contributed by atoms with Gasteiger partial charge in [-0.15, -0.1) is 11.8 Å². The monoisotopic (exact) mass is 273 g/mol. The Morgan fingerprint density at radius 2 is 2.42 bits per heavy atom. The first-order valence-electron chi connectivity index (χ1n) is 6.27. The van der Waals surface area contributed by atoms with Gasteiger partial charge in [-0.1, -0.05) is 12.2 Å². The van der Waals surface area contributed by atoms with E-state index in [4.69, 9.17) is 5.73 Å². The summed E-state index contributed by atoms with van der Waals surface area (Å²) >= 11 is 1.67. The maximum atomic E-state index is 12.2. The number of nitrogens with two attached hydrogens (primary N) is 1. The summed E-state index contributed by atoms with van der Waals surface area (Å²) in [7, 11) is 0. The fourth-order valence-corrected chi connectivity index (χ4v) is 3.81. The van der Waals surface area contributed by atoms with Crippen LogP contribution >= 0.6 is 11.8 Å². The fraction of sp³-hybridized carbons (Fsp3) is 0.286. The van der Waals surface area contributed by atoms with Crippen molar-refractivity contribution in [2.45, 2.75) is 11.2 Å². The van der Waals surface area contributed by atoms with Gasteiger partial charge in [-0.05, 0) is 29.6 Å². The second kappa shape index (κ2) is 4.83. The topological polar surface area (TPSA) is 67.5 Å². The van der Waals surface area contributed by atoms with E-state index in [1.54, 1.807) is 18.0 Å². The van der Waals surface area contributed by atoms with Gasteiger partial charge in [0.1, 0.15) is 0 Å². The zero-order chi connectivity index (χ0) is 13.3. The number of hydrogen-bond donors (Lipinski definition) is 2. The average molecular weight is 273 g/mol. The molecule has 1 aliphatic carbocycles. The number of hydrogen-bond acceptors (Lipinski definition) is 4. The summed E-state index contributed by atoms with van der Waals surface area (Å²) in [6.07, 6.45) is 10.8. The van der Waals surface area contributed by atoms with Gasteiger partial charge < -0.3 is 11.1 Å². The number of thioether (sulfide) groups is 1. The second-order valence-corrected chi connectivity index (χ2v) is 5.73. The lowest BCUT2D eigenvalue weighted by Crippen LogP contribution is -2.35. The first-order chi connectivity index (χ1) is 9.28. The van der Waals surface area contributed by atoms with Gasteiger partial charge in [-0.2, -0.15) is 0 Å². The lowest BCUT2D eigenvalue weighted by molar-refractivity contribution is -0.117. The number of aliphatic imine (C=N–C) groups is 1. The molecule has 19 heavy (non-hydrogen) atoms. The smallest absolute Gasteiger partial charge is 0.252 e. The highest BCUT2D eigenvalue weighted by Crippen LogP contribution is 2.54. The first-order valence-corrected chi connectivity index (χ1v) is 7.15. The molecule has 0 saturated carbocycles. The van der Waals surface area contributed by atoms with Crippen LogP contribution in [0.3, 0.4) is 0 Å². The minimum Gasteiger partial charge on any atom is -0.351 e. The van der Waals surface area contributed by atoms with Crippen LogP contribution in [0.25, 0.3) is 0 Å². The molecule has 2 aliphatic heterocycles. The summed E-state index contributed by atoms with van der Waals surface area (Å²) in [5.41, 5.74) is 8.24. The molecule has 5 heteroatoms. The second-order valence-electron chi connectivity index (χ2n) is 4.56. The maximum absolute atomic E-state index is 12.2. The van der Waals surface area contributed by atoms with Crippen molar-refractivity contribution in [3.63, 3.8) is 0 Å². The van der Waals surface area contributed by atoms with Gasteiger partial charge >= 0.3 is 0 Å². The van der Waals surface area contributed by atoms with Crippen molar-refractivity contribution in [3.8, 4) is 0 Å². The Hall–Kier alpha value is -1.59. The third-order valence-corrected chi connectivity index (χ3v) is 4.79. The van der Waals surface area contributed by atoms with Gasteiger partial charge in [-0.3, -0.25) is 9.79 Å². The summed E-state index contributed by atoms with van der Waals surface area (Å²) < 4.78 is -0.196. The van der Waals surface area contributed by atoms with Gasteiger partial charge in [0.15, 0.2) is 0 Å². The van der Waals surface area contributed by atoms with E-state index in [-0.39, 0.29) is 10.7 Å². The van der Waals surface area contributed by atoms with E-state index in [1.807, 2.05) is 23.6 Å². The average Bonchev–Trinajstić information content (AvgIpc) is 2.82. The molecule has 2 heterocycles. The van der Waals surface area contributed by atoms with Crippen LogP contribution in [0, 0.1) is 0 Å². The van der Waals surface area contributed by atoms with Gasteiger partial charge in [0.2, 0.25) is 0 Å². The van der Waals surface area contributed by atoms with E-state index in [2.05, 4.69) is 16.4 Å². The van der Waals surface area contributed by atoms with Crippen molar-refractivity contribution >= 4 is 23.9 Å². The molecule has 1 atom stereocenters. The van der Waals surface area contributed by atoms with Gasteiger partial charge in [-0.25, -0.2) is 0 Å². The number of rotatable bonds is 3. The molecule has 1 spiro atoms. The highest BCUT2D eigenvalue weighted by molar-refractivity contribution is 8.04. The Balaban J connectivity index is 1.90. The van der Waals surface area contributed by atoms with Crippen LogP contribution in [0.2, 0.25) is 0 Å². The predicted molar refractivity (Wildman–Crippen MR) is 78.9 cm³/mol. The van der Waals surface area contributed by atoms with Crippen LogP contribution in [-0.2, 0) is 4.79 Å². The van der Waals surface area contributed by atoms with Crippen LogP contribution < -0.4 is 11.1 Å². The molecule has 0 fully saturated rings. The minimum atomic E-state index is -0.196. The molecule has 4 nitrogen and oxygen atoms in total. The van der Waals surface area contributed by atoms with E-state index in [1.165, 1.54) is 0 Å². The van der Waals surface area contributed by atoms with Gasteiger partial charge in [0.05, 0.1) is 16.0 Å². The largest absolute Gasteiger partial charge is 0.351 e. The molecule has 0 bridgehead atoms. The molecule has 0 aromatic carbocycles. The van der Waals surface area contributed by atoms with Gasteiger partial charge in [0, 0.05) is 19.3 Å². The Kier molecular flexibility index (Phi) is 3.16. The maximum Gasteiger partial charge on any atom is 0.252 e. The molecular formula is C14H15N3OS. The van der Waals surface area contributed by atoms with E-state index < -0.39 is 0 Å². The summed E-state index contributed by atoms with van der Waals surface area (Å²) in [5.74, 6) is -0.0507. The molecule has 98 valence electrons. The van der Waals surface area contributed by atoms with E-state index in [9.17, 15) is 4.79 Å². The molecule has 1 amide bonds. The quantitative estimate of drug-likeness (QED) is 0.814. The Morgan fingerprint density at radius 3 is 3.26 bits per heavy atom. The molecule has 0 aromatic heterocycles. The SMILES string of the molecule is NCCNC(=O)C1=CSC23CC=CC=C2N=CC=C13. The van der Waals surface area contributed by atoms with E-state index in [0.29, 0.717) is 13.1 Å². The summed E-state index contributed by atoms with van der Waals surface area (Å²) in [6.45, 7) is 0.948. The van der Waals surface area contributed by atoms with Crippen molar-refractivity contribution in [3.05, 3.63) is 46.6 Å². The van der Waals surface area contributed by atoms with Crippen LogP contribution in [-0.4, -0.2) is 30.0 Å². The van der Waals surface area contributed by atoms with Crippen LogP contribution in [0.5, 0.6) is 0 Å². The number of dihydropyridines is 1. The standard InChI is InChI=1S/C14H15N3OS/c15-6-8-17-13(18)10-9-19-14-5-2-1-3-12(14)16-7-4-11(10)14/h1-4,7,9H,5-6,8,15H2,(H,17,18). The molecule has 0 saturated heterocycles. The zero-order valence-corrected chi connectivity index (χ0v) is 11.2. The molecule has 3 aliphatic rings. The van der Waals surface area contributed by atoms with E-state index >= 15 is 0 Å². The molecular weight excluding hydrogens is 258 g/mol. The Bertz CT molecular complexity index is 571. The van der Waals surface area contributed by atoms with Crippen LogP contribution in [0.1, 0.15) is 6.42 Å². The fourth-order valence-electron chi connectivity index (χ4n) is 2.51.